The van der Waals surface area contributed by atoms with Crippen LogP contribution in [0, 0.1) is 0 Å². The van der Waals surface area contributed by atoms with Crippen LogP contribution >= 0.6 is 0 Å². The molecule has 3 rings (SSSR count). The maximum atomic E-state index is 12.6. The molecule has 1 fully saturated rings. The van der Waals surface area contributed by atoms with Crippen molar-refractivity contribution in [2.45, 2.75) is 11.1 Å². The summed E-state index contributed by atoms with van der Waals surface area (Å²) in [6, 6.07) is 19.4. The van der Waals surface area contributed by atoms with Gasteiger partial charge in [0, 0.05) is 0 Å². The van der Waals surface area contributed by atoms with Gasteiger partial charge >= 0.3 is 122 Å². The Bertz CT molecular complexity index is 577. The Morgan fingerprint density at radius 1 is 0.900 bits per heavy atom. The van der Waals surface area contributed by atoms with E-state index in [9.17, 15) is 3.83 Å². The van der Waals surface area contributed by atoms with Crippen LogP contribution in [0.5, 0.6) is 0 Å². The molecular weight excluding hydrogens is 319 g/mol. The van der Waals surface area contributed by atoms with E-state index < -0.39 is 19.6 Å². The average molecular weight is 335 g/mol. The molecule has 0 N–H and O–H groups in total. The molecule has 104 valence electrons. The molecule has 2 aromatic carbocycles. The van der Waals surface area contributed by atoms with E-state index in [2.05, 4.69) is 0 Å². The molecule has 4 heteroatoms. The van der Waals surface area contributed by atoms with E-state index in [4.69, 9.17) is 9.47 Å². The molecule has 1 aliphatic heterocycles. The molecule has 1 atom stereocenters. The van der Waals surface area contributed by atoms with E-state index in [0.717, 1.165) is 10.0 Å². The fraction of sp³-hybridized carbons (Fsp3) is 0.250. The molecule has 0 radical (unpaired) electrons. The van der Waals surface area contributed by atoms with Gasteiger partial charge in [0.1, 0.15) is 0 Å². The van der Waals surface area contributed by atoms with Crippen molar-refractivity contribution in [2.24, 2.45) is 0 Å². The molecular formula is C16H16O3Se. The van der Waals surface area contributed by atoms with Crippen molar-refractivity contribution in [1.29, 1.82) is 0 Å². The predicted molar refractivity (Wildman–Crippen MR) is 77.3 cm³/mol. The van der Waals surface area contributed by atoms with Crippen LogP contribution in [0.15, 0.2) is 60.7 Å². The van der Waals surface area contributed by atoms with Crippen molar-refractivity contribution in [3.8, 4) is 0 Å². The van der Waals surface area contributed by atoms with Gasteiger partial charge in [-0.2, -0.15) is 0 Å². The first-order valence-corrected chi connectivity index (χ1v) is 9.34. The normalized spacial score (nSPS) is 18.8. The Balaban J connectivity index is 1.87. The minimum absolute atomic E-state index is 0.404. The van der Waals surface area contributed by atoms with E-state index in [1.165, 1.54) is 0 Å². The number of hydrogen-bond acceptors (Lipinski definition) is 3. The first kappa shape index (κ1) is 13.7. The van der Waals surface area contributed by atoms with Crippen molar-refractivity contribution in [3.05, 3.63) is 66.2 Å². The van der Waals surface area contributed by atoms with E-state index in [1.807, 2.05) is 60.7 Å². The summed E-state index contributed by atoms with van der Waals surface area (Å²) in [5.74, 6) is -0.844. The second kappa shape index (κ2) is 5.98. The summed E-state index contributed by atoms with van der Waals surface area (Å²) in [6.07, 6.45) is 0. The van der Waals surface area contributed by atoms with Crippen molar-refractivity contribution >= 4 is 18.3 Å². The fourth-order valence-corrected chi connectivity index (χ4v) is 5.05. The van der Waals surface area contributed by atoms with Crippen LogP contribution in [0.25, 0.3) is 0 Å². The predicted octanol–water partition coefficient (Wildman–Crippen LogP) is 2.22. The van der Waals surface area contributed by atoms with Gasteiger partial charge in [-0.25, -0.2) is 0 Å². The van der Waals surface area contributed by atoms with Crippen molar-refractivity contribution < 1.29 is 13.3 Å². The van der Waals surface area contributed by atoms with Gasteiger partial charge in [0.25, 0.3) is 0 Å². The van der Waals surface area contributed by atoms with Crippen molar-refractivity contribution in [2.75, 3.05) is 13.2 Å². The van der Waals surface area contributed by atoms with Gasteiger partial charge in [-0.15, -0.1) is 0 Å². The number of rotatable bonds is 4. The second-order valence-corrected chi connectivity index (χ2v) is 7.66. The van der Waals surface area contributed by atoms with Crippen LogP contribution in [0.2, 0.25) is 5.32 Å². The van der Waals surface area contributed by atoms with E-state index in [0.29, 0.717) is 18.5 Å². The van der Waals surface area contributed by atoms with E-state index >= 15 is 0 Å². The van der Waals surface area contributed by atoms with E-state index in [-0.39, 0.29) is 0 Å². The van der Waals surface area contributed by atoms with Crippen LogP contribution in [-0.2, 0) is 19.1 Å². The van der Waals surface area contributed by atoms with Gasteiger partial charge in [-0.3, -0.25) is 0 Å². The molecule has 0 aliphatic carbocycles. The molecule has 0 aromatic heterocycles. The Morgan fingerprint density at radius 3 is 2.05 bits per heavy atom. The first-order valence-electron chi connectivity index (χ1n) is 6.57. The zero-order valence-electron chi connectivity index (χ0n) is 11.0. The molecule has 20 heavy (non-hydrogen) atoms. The van der Waals surface area contributed by atoms with Crippen LogP contribution in [0.3, 0.4) is 0 Å². The van der Waals surface area contributed by atoms with Gasteiger partial charge in [0.2, 0.25) is 0 Å². The molecule has 2 aromatic rings. The first-order chi connectivity index (χ1) is 9.80. The summed E-state index contributed by atoms with van der Waals surface area (Å²) < 4.78 is 25.2. The summed E-state index contributed by atoms with van der Waals surface area (Å²) in [5.41, 5.74) is 0.943. The van der Waals surface area contributed by atoms with Gasteiger partial charge in [0.05, 0.1) is 0 Å². The Kier molecular flexibility index (Phi) is 4.08. The van der Waals surface area contributed by atoms with Gasteiger partial charge in [0.15, 0.2) is 0 Å². The summed E-state index contributed by atoms with van der Waals surface area (Å²) in [5, 5.41) is 0.404. The molecule has 0 spiro atoms. The molecule has 1 saturated heterocycles. The zero-order chi connectivity index (χ0) is 13.8. The molecule has 0 bridgehead atoms. The minimum atomic E-state index is -2.20. The summed E-state index contributed by atoms with van der Waals surface area (Å²) >= 11 is -2.20. The number of benzene rings is 2. The van der Waals surface area contributed by atoms with Crippen LogP contribution in [0.4, 0.5) is 0 Å². The van der Waals surface area contributed by atoms with Gasteiger partial charge < -0.3 is 0 Å². The summed E-state index contributed by atoms with van der Waals surface area (Å²) in [4.78, 5) is 0. The summed E-state index contributed by atoms with van der Waals surface area (Å²) in [6.45, 7) is 1.09. The Hall–Kier alpha value is -1.32. The Labute approximate surface area is 122 Å². The molecule has 1 heterocycles. The van der Waals surface area contributed by atoms with Crippen LogP contribution in [0.1, 0.15) is 5.56 Å². The fourth-order valence-electron chi connectivity index (χ4n) is 2.31. The van der Waals surface area contributed by atoms with Crippen molar-refractivity contribution in [1.82, 2.24) is 0 Å². The zero-order valence-corrected chi connectivity index (χ0v) is 12.7. The quantitative estimate of drug-likeness (QED) is 0.804. The number of hydrogen-bond donors (Lipinski definition) is 0. The van der Waals surface area contributed by atoms with E-state index in [1.54, 1.807) is 0 Å². The third-order valence-corrected chi connectivity index (χ3v) is 6.32. The third-order valence-electron chi connectivity index (χ3n) is 3.29. The monoisotopic (exact) mass is 336 g/mol. The SMILES string of the molecule is O=[Se](CC1(c2ccccc2)OCCO1)c1ccccc1. The third kappa shape index (κ3) is 2.74. The summed E-state index contributed by atoms with van der Waals surface area (Å²) in [7, 11) is 0. The Morgan fingerprint density at radius 2 is 1.45 bits per heavy atom. The average Bonchev–Trinajstić information content (AvgIpc) is 2.99. The number of ether oxygens (including phenoxy) is 2. The molecule has 1 aliphatic rings. The van der Waals surface area contributed by atoms with Crippen LogP contribution < -0.4 is 4.46 Å². The van der Waals surface area contributed by atoms with Gasteiger partial charge in [-0.05, 0) is 0 Å². The van der Waals surface area contributed by atoms with Crippen molar-refractivity contribution in [3.63, 3.8) is 0 Å². The van der Waals surface area contributed by atoms with Gasteiger partial charge in [-0.1, -0.05) is 0 Å². The standard InChI is InChI=1S/C16H16O3Se/c17-20(15-9-5-2-6-10-15)13-16(18-11-12-19-16)14-7-3-1-4-8-14/h1-10H,11-13H2. The molecule has 0 amide bonds. The second-order valence-electron chi connectivity index (χ2n) is 4.62. The maximum absolute atomic E-state index is 12.6. The molecule has 0 saturated carbocycles. The molecule has 1 unspecified atom stereocenters. The van der Waals surface area contributed by atoms with Crippen LogP contribution in [-0.4, -0.2) is 27.0 Å². The molecule has 3 nitrogen and oxygen atoms in total. The topological polar surface area (TPSA) is 35.5 Å².